The number of hydrogen-bond donors (Lipinski definition) is 6. The van der Waals surface area contributed by atoms with Crippen LogP contribution < -0.4 is 15.4 Å². The maximum atomic E-state index is 12.8. The Labute approximate surface area is 228 Å². The third kappa shape index (κ3) is 7.17. The molecule has 0 saturated carbocycles. The van der Waals surface area contributed by atoms with Gasteiger partial charge in [0.1, 0.15) is 17.2 Å². The van der Waals surface area contributed by atoms with E-state index in [-0.39, 0.29) is 24.3 Å². The standard InChI is InChI=1S/C31H37N3O5/c1-3-25(32-18-29(37)21-10-12-28(36)24(15-21)19-35)14-20-9-11-26-23(13-20)16-27(34-26)31(38)33-17-22-7-5-6-8-30(22)39-4-2/h5-13,15-16,25,29,32,34-37H,3-4,14,17-19H2,1-2H3,(H,33,38). The smallest absolute Gasteiger partial charge is 0.267 e. The first-order valence-corrected chi connectivity index (χ1v) is 13.4. The van der Waals surface area contributed by atoms with Crippen molar-refractivity contribution in [1.29, 1.82) is 0 Å². The molecular weight excluding hydrogens is 494 g/mol. The van der Waals surface area contributed by atoms with E-state index in [9.17, 15) is 20.1 Å². The van der Waals surface area contributed by atoms with Crippen molar-refractivity contribution in [2.24, 2.45) is 0 Å². The predicted molar refractivity (Wildman–Crippen MR) is 152 cm³/mol. The number of nitrogens with one attached hydrogen (secondary N) is 3. The summed E-state index contributed by atoms with van der Waals surface area (Å²) in [6.45, 7) is 5.02. The molecule has 0 aliphatic heterocycles. The molecule has 4 aromatic rings. The molecule has 8 heteroatoms. The van der Waals surface area contributed by atoms with Gasteiger partial charge < -0.3 is 35.7 Å². The Bertz CT molecular complexity index is 1400. The van der Waals surface area contributed by atoms with E-state index < -0.39 is 6.10 Å². The van der Waals surface area contributed by atoms with Crippen molar-refractivity contribution in [2.45, 2.75) is 52.0 Å². The van der Waals surface area contributed by atoms with Crippen molar-refractivity contribution < 1.29 is 24.9 Å². The monoisotopic (exact) mass is 531 g/mol. The lowest BCUT2D eigenvalue weighted by molar-refractivity contribution is 0.0946. The third-order valence-electron chi connectivity index (χ3n) is 6.88. The summed E-state index contributed by atoms with van der Waals surface area (Å²) in [6, 6.07) is 20.6. The molecule has 0 radical (unpaired) electrons. The summed E-state index contributed by atoms with van der Waals surface area (Å²) in [5, 5.41) is 37.1. The van der Waals surface area contributed by atoms with Crippen molar-refractivity contribution in [2.75, 3.05) is 13.2 Å². The van der Waals surface area contributed by atoms with E-state index in [0.29, 0.717) is 36.5 Å². The zero-order chi connectivity index (χ0) is 27.8. The summed E-state index contributed by atoms with van der Waals surface area (Å²) >= 11 is 0. The number of aromatic amines is 1. The molecule has 0 fully saturated rings. The van der Waals surface area contributed by atoms with E-state index in [1.807, 2.05) is 49.4 Å². The van der Waals surface area contributed by atoms with Crippen LogP contribution in [-0.2, 0) is 19.6 Å². The Morgan fingerprint density at radius 2 is 1.85 bits per heavy atom. The summed E-state index contributed by atoms with van der Waals surface area (Å²) in [7, 11) is 0. The molecule has 0 spiro atoms. The van der Waals surface area contributed by atoms with Gasteiger partial charge in [-0.05, 0) is 67.3 Å². The first kappa shape index (κ1) is 28.2. The number of H-pyrrole nitrogens is 1. The Morgan fingerprint density at radius 1 is 1.03 bits per heavy atom. The van der Waals surface area contributed by atoms with Gasteiger partial charge in [0.2, 0.25) is 0 Å². The number of carbonyl (C=O) groups excluding carboxylic acids is 1. The maximum absolute atomic E-state index is 12.8. The molecule has 0 bridgehead atoms. The average molecular weight is 532 g/mol. The van der Waals surface area contributed by atoms with E-state index in [4.69, 9.17) is 4.74 Å². The van der Waals surface area contributed by atoms with Gasteiger partial charge in [0.25, 0.3) is 5.91 Å². The van der Waals surface area contributed by atoms with E-state index >= 15 is 0 Å². The first-order valence-electron chi connectivity index (χ1n) is 13.4. The minimum atomic E-state index is -0.765. The summed E-state index contributed by atoms with van der Waals surface area (Å²) in [4.78, 5) is 16.1. The van der Waals surface area contributed by atoms with E-state index in [1.165, 1.54) is 6.07 Å². The lowest BCUT2D eigenvalue weighted by Gasteiger charge is -2.20. The van der Waals surface area contributed by atoms with E-state index in [1.54, 1.807) is 12.1 Å². The molecular formula is C31H37N3O5. The van der Waals surface area contributed by atoms with Gasteiger partial charge in [-0.3, -0.25) is 4.79 Å². The first-order chi connectivity index (χ1) is 18.9. The molecule has 1 heterocycles. The fraction of sp³-hybridized carbons (Fsp3) is 0.323. The number of para-hydroxylation sites is 1. The maximum Gasteiger partial charge on any atom is 0.267 e. The Kier molecular flexibility index (Phi) is 9.59. The molecule has 0 saturated heterocycles. The fourth-order valence-electron chi connectivity index (χ4n) is 4.63. The molecule has 3 aromatic carbocycles. The highest BCUT2D eigenvalue weighted by Crippen LogP contribution is 2.23. The number of amides is 1. The number of aromatic hydroxyl groups is 1. The van der Waals surface area contributed by atoms with Crippen LogP contribution in [0.2, 0.25) is 0 Å². The molecule has 4 rings (SSSR count). The lowest BCUT2D eigenvalue weighted by Crippen LogP contribution is -2.34. The lowest BCUT2D eigenvalue weighted by atomic mass is 10.0. The summed E-state index contributed by atoms with van der Waals surface area (Å²) in [5.41, 5.74) is 4.47. The highest BCUT2D eigenvalue weighted by molar-refractivity contribution is 5.98. The van der Waals surface area contributed by atoms with Crippen LogP contribution >= 0.6 is 0 Å². The normalized spacial score (nSPS) is 12.8. The quantitative estimate of drug-likeness (QED) is 0.152. The van der Waals surface area contributed by atoms with Crippen LogP contribution in [-0.4, -0.2) is 45.4 Å². The highest BCUT2D eigenvalue weighted by Gasteiger charge is 2.15. The summed E-state index contributed by atoms with van der Waals surface area (Å²) in [5.74, 6) is 0.603. The summed E-state index contributed by atoms with van der Waals surface area (Å²) < 4.78 is 5.65. The molecule has 0 aliphatic rings. The number of aliphatic hydroxyl groups is 2. The van der Waals surface area contributed by atoms with Gasteiger partial charge in [-0.25, -0.2) is 0 Å². The molecule has 2 atom stereocenters. The highest BCUT2D eigenvalue weighted by atomic mass is 16.5. The Morgan fingerprint density at radius 3 is 2.62 bits per heavy atom. The zero-order valence-corrected chi connectivity index (χ0v) is 22.4. The van der Waals surface area contributed by atoms with E-state index in [0.717, 1.165) is 40.6 Å². The number of rotatable bonds is 13. The van der Waals surface area contributed by atoms with Gasteiger partial charge in [-0.15, -0.1) is 0 Å². The van der Waals surface area contributed by atoms with Gasteiger partial charge in [-0.1, -0.05) is 37.3 Å². The largest absolute Gasteiger partial charge is 0.508 e. The van der Waals surface area contributed by atoms with Crippen molar-refractivity contribution in [3.8, 4) is 11.5 Å². The molecule has 8 nitrogen and oxygen atoms in total. The molecule has 1 aromatic heterocycles. The summed E-state index contributed by atoms with van der Waals surface area (Å²) in [6.07, 6.45) is 0.864. The van der Waals surface area contributed by atoms with Crippen LogP contribution in [0, 0.1) is 0 Å². The molecule has 206 valence electrons. The van der Waals surface area contributed by atoms with Crippen molar-refractivity contribution in [3.05, 3.63) is 94.7 Å². The van der Waals surface area contributed by atoms with Crippen LogP contribution in [0.5, 0.6) is 11.5 Å². The molecule has 2 unspecified atom stereocenters. The van der Waals surface area contributed by atoms with Gasteiger partial charge in [0.15, 0.2) is 0 Å². The van der Waals surface area contributed by atoms with Gasteiger partial charge in [0, 0.05) is 41.2 Å². The Balaban J connectivity index is 1.36. The predicted octanol–water partition coefficient (Wildman–Crippen LogP) is 4.34. The second-order valence-corrected chi connectivity index (χ2v) is 9.61. The van der Waals surface area contributed by atoms with Gasteiger partial charge in [0.05, 0.1) is 19.3 Å². The number of aromatic nitrogens is 1. The van der Waals surface area contributed by atoms with Crippen molar-refractivity contribution in [3.63, 3.8) is 0 Å². The molecule has 0 aliphatic carbocycles. The van der Waals surface area contributed by atoms with Crippen LogP contribution in [0.15, 0.2) is 66.7 Å². The SMILES string of the molecule is CCOc1ccccc1CNC(=O)c1cc2cc(CC(CC)NCC(O)c3ccc(O)c(CO)c3)ccc2[nH]1. The second kappa shape index (κ2) is 13.3. The fourth-order valence-corrected chi connectivity index (χ4v) is 4.63. The zero-order valence-electron chi connectivity index (χ0n) is 22.4. The number of phenols is 1. The van der Waals surface area contributed by atoms with Crippen LogP contribution in [0.25, 0.3) is 10.9 Å². The minimum absolute atomic E-state index is 0.0144. The van der Waals surface area contributed by atoms with Crippen LogP contribution in [0.3, 0.4) is 0 Å². The minimum Gasteiger partial charge on any atom is -0.508 e. The number of carbonyl (C=O) groups is 1. The molecule has 39 heavy (non-hydrogen) atoms. The van der Waals surface area contributed by atoms with Gasteiger partial charge >= 0.3 is 0 Å². The number of benzene rings is 3. The van der Waals surface area contributed by atoms with E-state index in [2.05, 4.69) is 28.6 Å². The van der Waals surface area contributed by atoms with Crippen LogP contribution in [0.4, 0.5) is 0 Å². The number of aliphatic hydroxyl groups excluding tert-OH is 2. The van der Waals surface area contributed by atoms with Crippen molar-refractivity contribution >= 4 is 16.8 Å². The third-order valence-corrected chi connectivity index (χ3v) is 6.88. The topological polar surface area (TPSA) is 127 Å². The molecule has 1 amide bonds. The van der Waals surface area contributed by atoms with Crippen molar-refractivity contribution in [1.82, 2.24) is 15.6 Å². The average Bonchev–Trinajstić information content (AvgIpc) is 3.38. The molecule has 6 N–H and O–H groups in total. The Hall–Kier alpha value is -3.85. The van der Waals surface area contributed by atoms with Gasteiger partial charge in [-0.2, -0.15) is 0 Å². The second-order valence-electron chi connectivity index (χ2n) is 9.61. The van der Waals surface area contributed by atoms with Crippen LogP contribution in [0.1, 0.15) is 59.1 Å². The number of fused-ring (bicyclic) bond motifs is 1. The number of ether oxygens (including phenoxy) is 1. The number of hydrogen-bond acceptors (Lipinski definition) is 6.